The highest BCUT2D eigenvalue weighted by molar-refractivity contribution is 5.94. The number of para-hydroxylation sites is 2. The van der Waals surface area contributed by atoms with Crippen molar-refractivity contribution in [1.29, 1.82) is 0 Å². The zero-order chi connectivity index (χ0) is 19.8. The van der Waals surface area contributed by atoms with Crippen LogP contribution in [0.3, 0.4) is 0 Å². The Kier molecular flexibility index (Phi) is 6.82. The summed E-state index contributed by atoms with van der Waals surface area (Å²) in [5.74, 6) is 0.843. The smallest absolute Gasteiger partial charge is 0.241 e. The lowest BCUT2D eigenvalue weighted by molar-refractivity contribution is -0.118. The summed E-state index contributed by atoms with van der Waals surface area (Å²) in [4.78, 5) is 14.9. The molecule has 3 aromatic rings. The number of hydrogen-bond donors (Lipinski definition) is 1. The molecule has 1 unspecified atom stereocenters. The first kappa shape index (κ1) is 19.6. The maximum Gasteiger partial charge on any atom is 0.241 e. The third-order valence-electron chi connectivity index (χ3n) is 4.72. The Morgan fingerprint density at radius 2 is 1.54 bits per heavy atom. The third kappa shape index (κ3) is 4.99. The molecule has 28 heavy (non-hydrogen) atoms. The zero-order valence-electron chi connectivity index (χ0n) is 16.3. The predicted octanol–water partition coefficient (Wildman–Crippen LogP) is 4.58. The van der Waals surface area contributed by atoms with E-state index in [0.29, 0.717) is 6.54 Å². The van der Waals surface area contributed by atoms with Gasteiger partial charge in [-0.25, -0.2) is 0 Å². The van der Waals surface area contributed by atoms with Crippen molar-refractivity contribution in [1.82, 2.24) is 5.32 Å². The summed E-state index contributed by atoms with van der Waals surface area (Å²) in [6.07, 6.45) is 0. The van der Waals surface area contributed by atoms with Crippen LogP contribution in [0.15, 0.2) is 84.9 Å². The molecule has 0 spiro atoms. The fourth-order valence-corrected chi connectivity index (χ4v) is 3.17. The van der Waals surface area contributed by atoms with Gasteiger partial charge in [-0.05, 0) is 30.7 Å². The first-order valence-electron chi connectivity index (χ1n) is 9.44. The van der Waals surface area contributed by atoms with Gasteiger partial charge in [-0.15, -0.1) is 0 Å². The number of anilines is 1. The number of nitrogens with zero attached hydrogens (tertiary/aromatic N) is 1. The Labute approximate surface area is 166 Å². The Morgan fingerprint density at radius 3 is 2.21 bits per heavy atom. The fourth-order valence-electron chi connectivity index (χ4n) is 3.17. The highest BCUT2D eigenvalue weighted by Gasteiger charge is 2.18. The number of amides is 1. The van der Waals surface area contributed by atoms with Crippen LogP contribution in [0.2, 0.25) is 0 Å². The minimum absolute atomic E-state index is 0.00514. The van der Waals surface area contributed by atoms with Gasteiger partial charge in [0.25, 0.3) is 0 Å². The van der Waals surface area contributed by atoms with E-state index in [4.69, 9.17) is 4.74 Å². The molecule has 3 aromatic carbocycles. The van der Waals surface area contributed by atoms with Gasteiger partial charge in [-0.1, -0.05) is 66.7 Å². The van der Waals surface area contributed by atoms with Gasteiger partial charge in [0.2, 0.25) is 5.91 Å². The standard InChI is InChI=1S/C24H26N2O2/c1-19(22-15-9-10-16-23(22)28-2)25-17-24(27)26(21-13-7-4-8-14-21)18-20-11-5-3-6-12-20/h3-16,19,25H,17-18H2,1-2H3. The zero-order valence-corrected chi connectivity index (χ0v) is 16.3. The molecular formula is C24H26N2O2. The van der Waals surface area contributed by atoms with E-state index in [2.05, 4.69) is 5.32 Å². The molecule has 1 N–H and O–H groups in total. The van der Waals surface area contributed by atoms with E-state index in [9.17, 15) is 4.79 Å². The van der Waals surface area contributed by atoms with Gasteiger partial charge in [0.05, 0.1) is 20.2 Å². The van der Waals surface area contributed by atoms with E-state index in [1.807, 2.05) is 96.8 Å². The first-order valence-corrected chi connectivity index (χ1v) is 9.44. The molecule has 0 aliphatic rings. The largest absolute Gasteiger partial charge is 0.496 e. The number of ether oxygens (including phenoxy) is 1. The van der Waals surface area contributed by atoms with Gasteiger partial charge < -0.3 is 15.0 Å². The van der Waals surface area contributed by atoms with E-state index in [1.165, 1.54) is 0 Å². The predicted molar refractivity (Wildman–Crippen MR) is 113 cm³/mol. The van der Waals surface area contributed by atoms with Crippen molar-refractivity contribution in [2.24, 2.45) is 0 Å². The number of hydrogen-bond acceptors (Lipinski definition) is 3. The first-order chi connectivity index (χ1) is 13.7. The summed E-state index contributed by atoms with van der Waals surface area (Å²) in [6, 6.07) is 27.7. The Bertz CT molecular complexity index is 881. The minimum atomic E-state index is -0.00514. The summed E-state index contributed by atoms with van der Waals surface area (Å²) in [5, 5.41) is 3.34. The molecule has 4 nitrogen and oxygen atoms in total. The minimum Gasteiger partial charge on any atom is -0.496 e. The van der Waals surface area contributed by atoms with Crippen LogP contribution in [-0.4, -0.2) is 19.6 Å². The molecule has 0 aliphatic heterocycles. The number of rotatable bonds is 8. The van der Waals surface area contributed by atoms with Crippen molar-refractivity contribution < 1.29 is 9.53 Å². The Hall–Kier alpha value is -3.11. The molecule has 3 rings (SSSR count). The van der Waals surface area contributed by atoms with Gasteiger partial charge in [0.15, 0.2) is 0 Å². The van der Waals surface area contributed by atoms with Gasteiger partial charge in [0.1, 0.15) is 5.75 Å². The summed E-state index contributed by atoms with van der Waals surface area (Å²) in [5.41, 5.74) is 3.02. The van der Waals surface area contributed by atoms with E-state index in [0.717, 1.165) is 22.6 Å². The van der Waals surface area contributed by atoms with Crippen LogP contribution in [0.4, 0.5) is 5.69 Å². The molecule has 0 bridgehead atoms. The number of nitrogens with one attached hydrogen (secondary N) is 1. The molecule has 0 radical (unpaired) electrons. The molecule has 0 aromatic heterocycles. The van der Waals surface area contributed by atoms with Crippen LogP contribution >= 0.6 is 0 Å². The van der Waals surface area contributed by atoms with Crippen LogP contribution < -0.4 is 15.0 Å². The second kappa shape index (κ2) is 9.72. The van der Waals surface area contributed by atoms with Crippen LogP contribution in [0.25, 0.3) is 0 Å². The van der Waals surface area contributed by atoms with E-state index >= 15 is 0 Å². The third-order valence-corrected chi connectivity index (χ3v) is 4.72. The SMILES string of the molecule is COc1ccccc1C(C)NCC(=O)N(Cc1ccccc1)c1ccccc1. The Morgan fingerprint density at radius 1 is 0.929 bits per heavy atom. The topological polar surface area (TPSA) is 41.6 Å². The lowest BCUT2D eigenvalue weighted by atomic mass is 10.1. The number of carbonyl (C=O) groups is 1. The maximum absolute atomic E-state index is 13.1. The fraction of sp³-hybridized carbons (Fsp3) is 0.208. The molecule has 0 saturated heterocycles. The van der Waals surface area contributed by atoms with Gasteiger partial charge in [0, 0.05) is 17.3 Å². The summed E-state index contributed by atoms with van der Waals surface area (Å²) >= 11 is 0. The van der Waals surface area contributed by atoms with Crippen molar-refractivity contribution >= 4 is 11.6 Å². The molecule has 0 heterocycles. The van der Waals surface area contributed by atoms with Crippen molar-refractivity contribution in [3.8, 4) is 5.75 Å². The lowest BCUT2D eigenvalue weighted by Crippen LogP contribution is -2.38. The van der Waals surface area contributed by atoms with Gasteiger partial charge in [-0.3, -0.25) is 4.79 Å². The summed E-state index contributed by atoms with van der Waals surface area (Å²) in [6.45, 7) is 2.81. The van der Waals surface area contributed by atoms with Crippen LogP contribution in [0.5, 0.6) is 5.75 Å². The normalized spacial score (nSPS) is 11.6. The molecule has 1 amide bonds. The second-order valence-electron chi connectivity index (χ2n) is 6.65. The average Bonchev–Trinajstić information content (AvgIpc) is 2.76. The molecule has 1 atom stereocenters. The molecule has 0 saturated carbocycles. The number of benzene rings is 3. The highest BCUT2D eigenvalue weighted by atomic mass is 16.5. The van der Waals surface area contributed by atoms with E-state index < -0.39 is 0 Å². The highest BCUT2D eigenvalue weighted by Crippen LogP contribution is 2.24. The molecular weight excluding hydrogens is 348 g/mol. The van der Waals surface area contributed by atoms with Crippen molar-refractivity contribution in [2.45, 2.75) is 19.5 Å². The van der Waals surface area contributed by atoms with Crippen LogP contribution in [-0.2, 0) is 11.3 Å². The second-order valence-corrected chi connectivity index (χ2v) is 6.65. The molecule has 144 valence electrons. The summed E-state index contributed by atoms with van der Waals surface area (Å²) in [7, 11) is 1.66. The maximum atomic E-state index is 13.1. The van der Waals surface area contributed by atoms with Crippen molar-refractivity contribution in [3.63, 3.8) is 0 Å². The van der Waals surface area contributed by atoms with Crippen LogP contribution in [0, 0.1) is 0 Å². The number of carbonyl (C=O) groups excluding carboxylic acids is 1. The lowest BCUT2D eigenvalue weighted by Gasteiger charge is -2.25. The van der Waals surface area contributed by atoms with E-state index in [-0.39, 0.29) is 18.5 Å². The van der Waals surface area contributed by atoms with Crippen molar-refractivity contribution in [3.05, 3.63) is 96.1 Å². The van der Waals surface area contributed by atoms with Crippen LogP contribution in [0.1, 0.15) is 24.1 Å². The number of methoxy groups -OCH3 is 1. The quantitative estimate of drug-likeness (QED) is 0.627. The summed E-state index contributed by atoms with van der Waals surface area (Å²) < 4.78 is 5.43. The average molecular weight is 374 g/mol. The molecule has 0 fully saturated rings. The van der Waals surface area contributed by atoms with Crippen molar-refractivity contribution in [2.75, 3.05) is 18.6 Å². The van der Waals surface area contributed by atoms with Gasteiger partial charge in [-0.2, -0.15) is 0 Å². The monoisotopic (exact) mass is 374 g/mol. The molecule has 4 heteroatoms. The van der Waals surface area contributed by atoms with E-state index in [1.54, 1.807) is 7.11 Å². The Balaban J connectivity index is 1.72. The molecule has 0 aliphatic carbocycles. The van der Waals surface area contributed by atoms with Gasteiger partial charge >= 0.3 is 0 Å².